The number of carboxylic acid groups (broad SMARTS) is 1. The zero-order valence-corrected chi connectivity index (χ0v) is 9.27. The minimum atomic E-state index is -0.813. The monoisotopic (exact) mass is 222 g/mol. The van der Waals surface area contributed by atoms with Crippen LogP contribution >= 0.6 is 0 Å². The highest BCUT2D eigenvalue weighted by molar-refractivity contribution is 5.67. The van der Waals surface area contributed by atoms with Gasteiger partial charge in [-0.2, -0.15) is 4.98 Å². The van der Waals surface area contributed by atoms with E-state index in [1.54, 1.807) is 10.7 Å². The third-order valence-corrected chi connectivity index (χ3v) is 2.33. The predicted octanol–water partition coefficient (Wildman–Crippen LogP) is 1.20. The van der Waals surface area contributed by atoms with E-state index in [0.29, 0.717) is 18.1 Å². The van der Waals surface area contributed by atoms with Crippen molar-refractivity contribution in [2.75, 3.05) is 0 Å². The number of aromatic amines is 1. The summed E-state index contributed by atoms with van der Waals surface area (Å²) in [6.07, 6.45) is 2.32. The van der Waals surface area contributed by atoms with Crippen LogP contribution in [0.3, 0.4) is 0 Å². The fourth-order valence-corrected chi connectivity index (χ4v) is 1.45. The molecule has 2 aromatic heterocycles. The van der Waals surface area contributed by atoms with E-state index in [-0.39, 0.29) is 6.42 Å². The molecule has 2 N–H and O–H groups in total. The number of aromatic nitrogens is 4. The second-order valence-electron chi connectivity index (χ2n) is 4.06. The van der Waals surface area contributed by atoms with Gasteiger partial charge in [-0.05, 0) is 0 Å². The van der Waals surface area contributed by atoms with Gasteiger partial charge in [0.25, 0.3) is 5.78 Å². The van der Waals surface area contributed by atoms with Gasteiger partial charge in [0.05, 0.1) is 18.3 Å². The first kappa shape index (κ1) is 10.7. The molecule has 0 saturated heterocycles. The zero-order valence-electron chi connectivity index (χ0n) is 9.27. The Hall–Kier alpha value is -1.85. The second kappa shape index (κ2) is 3.96. The number of aliphatic carboxylic acids is 1. The molecule has 2 heterocycles. The Morgan fingerprint density at radius 2 is 2.31 bits per heavy atom. The Balaban J connectivity index is 2.19. The lowest BCUT2D eigenvalue weighted by Crippen LogP contribution is -1.98. The van der Waals surface area contributed by atoms with Crippen molar-refractivity contribution in [3.63, 3.8) is 0 Å². The van der Waals surface area contributed by atoms with Crippen LogP contribution in [0.2, 0.25) is 0 Å². The second-order valence-corrected chi connectivity index (χ2v) is 4.06. The first-order valence-corrected chi connectivity index (χ1v) is 5.22. The molecule has 16 heavy (non-hydrogen) atoms. The van der Waals surface area contributed by atoms with Crippen LogP contribution in [0.5, 0.6) is 0 Å². The van der Waals surface area contributed by atoms with Gasteiger partial charge in [-0.1, -0.05) is 13.8 Å². The molecule has 0 aliphatic heterocycles. The number of nitrogens with zero attached hydrogens (tertiary/aromatic N) is 3. The van der Waals surface area contributed by atoms with Crippen LogP contribution in [-0.4, -0.2) is 30.7 Å². The van der Waals surface area contributed by atoms with Crippen LogP contribution in [0.15, 0.2) is 6.20 Å². The number of carbonyl (C=O) groups is 1. The van der Waals surface area contributed by atoms with Gasteiger partial charge in [-0.15, -0.1) is 0 Å². The third kappa shape index (κ3) is 2.05. The minimum Gasteiger partial charge on any atom is -0.481 e. The topological polar surface area (TPSA) is 83.3 Å². The van der Waals surface area contributed by atoms with Crippen molar-refractivity contribution in [1.82, 2.24) is 19.6 Å². The van der Waals surface area contributed by atoms with E-state index in [0.717, 1.165) is 11.5 Å². The Labute approximate surface area is 92.3 Å². The van der Waals surface area contributed by atoms with Crippen molar-refractivity contribution in [1.29, 1.82) is 0 Å². The van der Waals surface area contributed by atoms with Crippen LogP contribution in [0, 0.1) is 0 Å². The summed E-state index contributed by atoms with van der Waals surface area (Å²) >= 11 is 0. The molecular formula is C10H14N4O2. The van der Waals surface area contributed by atoms with E-state index in [9.17, 15) is 4.79 Å². The van der Waals surface area contributed by atoms with Gasteiger partial charge in [-0.25, -0.2) is 9.50 Å². The van der Waals surface area contributed by atoms with Crippen LogP contribution < -0.4 is 0 Å². The average molecular weight is 222 g/mol. The number of H-pyrrole nitrogens is 1. The Morgan fingerprint density at radius 1 is 1.56 bits per heavy atom. The number of rotatable bonds is 4. The summed E-state index contributed by atoms with van der Waals surface area (Å²) in [7, 11) is 0. The number of hydrogen-bond acceptors (Lipinski definition) is 3. The molecule has 0 bridgehead atoms. The standard InChI is InChI=1S/C10H14N4O2/c1-6(2)9-12-10-11-7(3-4-8(15)16)5-14(10)13-9/h5-6H,3-4H2,1-2H3,(H,15,16)(H,11,12,13). The molecule has 0 radical (unpaired) electrons. The van der Waals surface area contributed by atoms with Gasteiger partial charge in [0.15, 0.2) is 0 Å². The number of carboxylic acids is 1. The van der Waals surface area contributed by atoms with Gasteiger partial charge in [0, 0.05) is 12.3 Å². The quantitative estimate of drug-likeness (QED) is 0.814. The maximum Gasteiger partial charge on any atom is 0.303 e. The molecule has 6 nitrogen and oxygen atoms in total. The molecule has 0 amide bonds. The summed E-state index contributed by atoms with van der Waals surface area (Å²) in [5.41, 5.74) is 0.747. The molecule has 2 aromatic rings. The predicted molar refractivity (Wildman–Crippen MR) is 57.4 cm³/mol. The van der Waals surface area contributed by atoms with Crippen LogP contribution in [0.1, 0.15) is 37.7 Å². The number of imidazole rings is 1. The smallest absolute Gasteiger partial charge is 0.303 e. The molecule has 0 aliphatic rings. The van der Waals surface area contributed by atoms with Crippen LogP contribution in [0.25, 0.3) is 5.78 Å². The summed E-state index contributed by atoms with van der Waals surface area (Å²) in [4.78, 5) is 19.0. The van der Waals surface area contributed by atoms with Gasteiger partial charge >= 0.3 is 5.97 Å². The molecule has 0 aromatic carbocycles. The summed E-state index contributed by atoms with van der Waals surface area (Å²) < 4.78 is 1.73. The lowest BCUT2D eigenvalue weighted by atomic mass is 10.2. The molecule has 0 spiro atoms. The SMILES string of the molecule is CC(C)c1nc2nc(CCC(=O)O)cn2[nH]1. The molecule has 0 fully saturated rings. The zero-order chi connectivity index (χ0) is 11.7. The molecule has 2 rings (SSSR count). The normalized spacial score (nSPS) is 11.4. The number of hydrogen-bond donors (Lipinski definition) is 2. The molecule has 6 heteroatoms. The molecule has 0 aliphatic carbocycles. The first-order chi connectivity index (χ1) is 7.56. The lowest BCUT2D eigenvalue weighted by molar-refractivity contribution is -0.136. The maximum absolute atomic E-state index is 10.4. The summed E-state index contributed by atoms with van der Waals surface area (Å²) in [6.45, 7) is 4.09. The summed E-state index contributed by atoms with van der Waals surface area (Å²) in [5.74, 6) is 0.994. The molecule has 86 valence electrons. The third-order valence-electron chi connectivity index (χ3n) is 2.33. The lowest BCUT2D eigenvalue weighted by Gasteiger charge is -1.96. The molecular weight excluding hydrogens is 208 g/mol. The van der Waals surface area contributed by atoms with Crippen molar-refractivity contribution >= 4 is 11.7 Å². The van der Waals surface area contributed by atoms with Crippen molar-refractivity contribution in [3.05, 3.63) is 17.7 Å². The highest BCUT2D eigenvalue weighted by atomic mass is 16.4. The van der Waals surface area contributed by atoms with Crippen molar-refractivity contribution < 1.29 is 9.90 Å². The largest absolute Gasteiger partial charge is 0.481 e. The van der Waals surface area contributed by atoms with Crippen LogP contribution in [0.4, 0.5) is 0 Å². The molecule has 0 unspecified atom stereocenters. The highest BCUT2D eigenvalue weighted by Crippen LogP contribution is 2.11. The van der Waals surface area contributed by atoms with Crippen molar-refractivity contribution in [2.24, 2.45) is 0 Å². The van der Waals surface area contributed by atoms with E-state index < -0.39 is 5.97 Å². The first-order valence-electron chi connectivity index (χ1n) is 5.22. The number of aryl methyl sites for hydroxylation is 1. The van der Waals surface area contributed by atoms with Gasteiger partial charge in [-0.3, -0.25) is 9.89 Å². The molecule has 0 atom stereocenters. The summed E-state index contributed by atoms with van der Waals surface area (Å²) in [6, 6.07) is 0. The van der Waals surface area contributed by atoms with Gasteiger partial charge in [0.2, 0.25) is 0 Å². The van der Waals surface area contributed by atoms with E-state index in [1.807, 2.05) is 13.8 Å². The Kier molecular flexibility index (Phi) is 2.64. The fourth-order valence-electron chi connectivity index (χ4n) is 1.45. The number of nitrogens with one attached hydrogen (secondary N) is 1. The number of fused-ring (bicyclic) bond motifs is 1. The van der Waals surface area contributed by atoms with Gasteiger partial charge in [0.1, 0.15) is 5.82 Å². The van der Waals surface area contributed by atoms with E-state index >= 15 is 0 Å². The van der Waals surface area contributed by atoms with E-state index in [4.69, 9.17) is 5.11 Å². The molecule has 0 saturated carbocycles. The fraction of sp³-hybridized carbons (Fsp3) is 0.500. The Bertz CT molecular complexity index is 480. The maximum atomic E-state index is 10.4. The average Bonchev–Trinajstić information content (AvgIpc) is 2.70. The van der Waals surface area contributed by atoms with Crippen molar-refractivity contribution in [3.8, 4) is 0 Å². The van der Waals surface area contributed by atoms with E-state index in [1.165, 1.54) is 0 Å². The van der Waals surface area contributed by atoms with E-state index in [2.05, 4.69) is 15.1 Å². The minimum absolute atomic E-state index is 0.0944. The van der Waals surface area contributed by atoms with Crippen LogP contribution in [-0.2, 0) is 11.2 Å². The summed E-state index contributed by atoms with van der Waals surface area (Å²) in [5, 5.41) is 11.7. The highest BCUT2D eigenvalue weighted by Gasteiger charge is 2.10. The van der Waals surface area contributed by atoms with Gasteiger partial charge < -0.3 is 5.11 Å². The Morgan fingerprint density at radius 3 is 2.88 bits per heavy atom. The van der Waals surface area contributed by atoms with Crippen molar-refractivity contribution in [2.45, 2.75) is 32.6 Å².